The zero-order chi connectivity index (χ0) is 35.4. The minimum Gasteiger partial charge on any atom is -0.340 e. The molecule has 50 heavy (non-hydrogen) atoms. The lowest BCUT2D eigenvalue weighted by Gasteiger charge is -2.27. The highest BCUT2D eigenvalue weighted by atomic mass is 17.2. The molecule has 2 aliphatic rings. The molecule has 0 saturated carbocycles. The lowest BCUT2D eigenvalue weighted by Crippen LogP contribution is -2.46. The van der Waals surface area contributed by atoms with Crippen LogP contribution in [0, 0.1) is 11.8 Å². The van der Waals surface area contributed by atoms with Crippen molar-refractivity contribution in [1.29, 1.82) is 0 Å². The molecule has 2 fully saturated rings. The summed E-state index contributed by atoms with van der Waals surface area (Å²) in [5.41, 5.74) is 12.2. The number of amides is 2. The Labute approximate surface area is 293 Å². The summed E-state index contributed by atoms with van der Waals surface area (Å²) in [7, 11) is 1.40. The highest BCUT2D eigenvalue weighted by molar-refractivity contribution is 5.84. The molecule has 2 aliphatic heterocycles. The van der Waals surface area contributed by atoms with E-state index in [1.165, 1.54) is 13.5 Å². The van der Waals surface area contributed by atoms with Crippen LogP contribution in [-0.4, -0.2) is 80.2 Å². The fraction of sp³-hybridized carbons (Fsp3) is 0.447. The normalized spacial score (nSPS) is 19.2. The minimum atomic E-state index is -0.562. The fourth-order valence-corrected chi connectivity index (χ4v) is 6.92. The average molecular weight is 681 g/mol. The molecule has 4 heterocycles. The number of likely N-dealkylation sites (tertiary alicyclic amines) is 2. The molecule has 12 nitrogen and oxygen atoms in total. The first-order chi connectivity index (χ1) is 24.2. The number of imidazole rings is 2. The third-order valence-electron chi connectivity index (χ3n) is 9.87. The summed E-state index contributed by atoms with van der Waals surface area (Å²) in [6, 6.07) is 15.5. The molecule has 6 rings (SSSR count). The predicted octanol–water partition coefficient (Wildman–Crippen LogP) is 6.08. The Morgan fingerprint density at radius 2 is 1.24 bits per heavy atom. The molecular formula is C38H48N8O4. The summed E-state index contributed by atoms with van der Waals surface area (Å²) in [5, 5.41) is 0. The number of carbonyl (C=O) groups is 2. The van der Waals surface area contributed by atoms with Crippen molar-refractivity contribution < 1.29 is 19.4 Å². The molecule has 4 atom stereocenters. The van der Waals surface area contributed by atoms with Crippen molar-refractivity contribution in [2.45, 2.75) is 77.5 Å². The van der Waals surface area contributed by atoms with Gasteiger partial charge in [0, 0.05) is 13.1 Å². The standard InChI is InChI=1S/C38H48N8O4/c1-23(2)33(39)37(47)45-18-6-8-31(45)35-40-20-29(43-35)27-14-10-25(11-15-27)26-12-16-28(17-13-26)30-21-41-36(44-30)32-9-7-19-46(32)38(48)34(24(3)4)42-22-50-49-5/h10-17,20-24,31-34H,6-9,18-19,39H2,1-5H3,(H,40,43)(H,41,44)/t31-,32-,33-,34-/m0/s1. The summed E-state index contributed by atoms with van der Waals surface area (Å²) in [5.74, 6) is 1.62. The van der Waals surface area contributed by atoms with Crippen molar-refractivity contribution in [2.75, 3.05) is 20.2 Å². The first kappa shape index (κ1) is 35.0. The van der Waals surface area contributed by atoms with Gasteiger partial charge in [-0.2, -0.15) is 4.89 Å². The second-order valence-electron chi connectivity index (χ2n) is 13.9. The third-order valence-corrected chi connectivity index (χ3v) is 9.87. The summed E-state index contributed by atoms with van der Waals surface area (Å²) in [4.78, 5) is 60.3. The highest BCUT2D eigenvalue weighted by Gasteiger charge is 2.37. The highest BCUT2D eigenvalue weighted by Crippen LogP contribution is 2.35. The summed E-state index contributed by atoms with van der Waals surface area (Å²) >= 11 is 0. The van der Waals surface area contributed by atoms with Crippen LogP contribution in [-0.2, 0) is 19.4 Å². The SMILES string of the molecule is COOC=N[C@H](C(=O)N1CCC[C@H]1c1ncc(-c2ccc(-c3ccc(-c4cnc([C@@H]5CCCN5C(=O)[C@@H](N)C(C)C)[nH]4)cc3)cc2)[nH]1)C(C)C. The molecule has 0 unspecified atom stereocenters. The smallest absolute Gasteiger partial charge is 0.248 e. The van der Waals surface area contributed by atoms with Crippen LogP contribution in [0.1, 0.15) is 77.1 Å². The van der Waals surface area contributed by atoms with E-state index in [0.717, 1.165) is 71.0 Å². The van der Waals surface area contributed by atoms with E-state index in [1.807, 2.05) is 49.9 Å². The van der Waals surface area contributed by atoms with Gasteiger partial charge in [-0.15, -0.1) is 0 Å². The topological polar surface area (TPSA) is 155 Å². The van der Waals surface area contributed by atoms with E-state index < -0.39 is 12.1 Å². The summed E-state index contributed by atoms with van der Waals surface area (Å²) in [6.45, 7) is 9.25. The Bertz CT molecular complexity index is 1780. The van der Waals surface area contributed by atoms with Crippen LogP contribution in [0.5, 0.6) is 0 Å². The Hall–Kier alpha value is -4.81. The fourth-order valence-electron chi connectivity index (χ4n) is 6.92. The van der Waals surface area contributed by atoms with E-state index >= 15 is 0 Å². The molecule has 4 N–H and O–H groups in total. The lowest BCUT2D eigenvalue weighted by atomic mass is 10.0. The number of nitrogens with zero attached hydrogens (tertiary/aromatic N) is 5. The molecule has 4 aromatic rings. The van der Waals surface area contributed by atoms with Crippen LogP contribution >= 0.6 is 0 Å². The number of rotatable bonds is 12. The van der Waals surface area contributed by atoms with Crippen molar-refractivity contribution in [3.63, 3.8) is 0 Å². The van der Waals surface area contributed by atoms with E-state index in [9.17, 15) is 9.59 Å². The zero-order valence-corrected chi connectivity index (χ0v) is 29.5. The molecule has 2 aromatic heterocycles. The molecule has 2 saturated heterocycles. The van der Waals surface area contributed by atoms with Crippen LogP contribution in [0.15, 0.2) is 65.9 Å². The molecule has 0 bridgehead atoms. The number of benzene rings is 2. The lowest BCUT2D eigenvalue weighted by molar-refractivity contribution is -0.188. The number of aliphatic imine (C=N–C) groups is 1. The maximum absolute atomic E-state index is 13.5. The molecule has 264 valence electrons. The van der Waals surface area contributed by atoms with Crippen molar-refractivity contribution >= 4 is 18.2 Å². The van der Waals surface area contributed by atoms with Gasteiger partial charge in [0.15, 0.2) is 0 Å². The van der Waals surface area contributed by atoms with Crippen molar-refractivity contribution in [1.82, 2.24) is 29.7 Å². The first-order valence-corrected chi connectivity index (χ1v) is 17.5. The summed E-state index contributed by atoms with van der Waals surface area (Å²) < 4.78 is 0. The maximum Gasteiger partial charge on any atom is 0.248 e. The number of carbonyl (C=O) groups excluding carboxylic acids is 2. The predicted molar refractivity (Wildman–Crippen MR) is 192 cm³/mol. The molecule has 2 aromatic carbocycles. The van der Waals surface area contributed by atoms with Gasteiger partial charge in [0.2, 0.25) is 18.2 Å². The van der Waals surface area contributed by atoms with Gasteiger partial charge in [-0.1, -0.05) is 76.2 Å². The van der Waals surface area contributed by atoms with Crippen molar-refractivity contribution in [3.05, 3.63) is 72.6 Å². The Kier molecular flexibility index (Phi) is 10.8. The number of aromatic amines is 2. The van der Waals surface area contributed by atoms with Gasteiger partial charge in [-0.3, -0.25) is 9.59 Å². The molecule has 12 heteroatoms. The second kappa shape index (κ2) is 15.4. The van der Waals surface area contributed by atoms with E-state index in [0.29, 0.717) is 13.1 Å². The molecule has 0 spiro atoms. The number of hydrogen-bond donors (Lipinski definition) is 3. The van der Waals surface area contributed by atoms with Crippen LogP contribution in [0.2, 0.25) is 0 Å². The minimum absolute atomic E-state index is 0.00131. The van der Waals surface area contributed by atoms with E-state index in [4.69, 9.17) is 15.6 Å². The Morgan fingerprint density at radius 1 is 0.780 bits per heavy atom. The zero-order valence-electron chi connectivity index (χ0n) is 29.5. The number of aromatic nitrogens is 4. The first-order valence-electron chi connectivity index (χ1n) is 17.5. The third kappa shape index (κ3) is 7.36. The summed E-state index contributed by atoms with van der Waals surface area (Å²) in [6.07, 6.45) is 8.41. The quantitative estimate of drug-likeness (QED) is 0.0710. The Morgan fingerprint density at radius 3 is 1.68 bits per heavy atom. The van der Waals surface area contributed by atoms with E-state index in [-0.39, 0.29) is 35.7 Å². The van der Waals surface area contributed by atoms with Crippen molar-refractivity contribution in [3.8, 4) is 33.6 Å². The monoisotopic (exact) mass is 680 g/mol. The molecule has 2 amide bonds. The van der Waals surface area contributed by atoms with Gasteiger partial charge in [-0.25, -0.2) is 15.0 Å². The van der Waals surface area contributed by atoms with Gasteiger partial charge in [0.25, 0.3) is 0 Å². The maximum atomic E-state index is 13.5. The second-order valence-corrected chi connectivity index (χ2v) is 13.9. The largest absolute Gasteiger partial charge is 0.340 e. The van der Waals surface area contributed by atoms with Gasteiger partial charge < -0.3 is 30.4 Å². The molecule has 0 aliphatic carbocycles. The van der Waals surface area contributed by atoms with Gasteiger partial charge in [0.05, 0.1) is 49.0 Å². The molecular weight excluding hydrogens is 632 g/mol. The van der Waals surface area contributed by atoms with E-state index in [1.54, 1.807) is 0 Å². The van der Waals surface area contributed by atoms with Crippen LogP contribution < -0.4 is 5.73 Å². The number of H-pyrrole nitrogens is 2. The Balaban J connectivity index is 1.11. The van der Waals surface area contributed by atoms with Crippen molar-refractivity contribution in [2.24, 2.45) is 22.6 Å². The van der Waals surface area contributed by atoms with E-state index in [2.05, 4.69) is 73.4 Å². The van der Waals surface area contributed by atoms with Gasteiger partial charge in [-0.05, 0) is 59.8 Å². The van der Waals surface area contributed by atoms with Gasteiger partial charge in [0.1, 0.15) is 17.7 Å². The van der Waals surface area contributed by atoms with Crippen LogP contribution in [0.25, 0.3) is 33.6 Å². The van der Waals surface area contributed by atoms with Gasteiger partial charge >= 0.3 is 0 Å². The number of hydrogen-bond acceptors (Lipinski definition) is 8. The average Bonchev–Trinajstić information content (AvgIpc) is 3.95. The number of nitrogens with two attached hydrogens (primary N) is 1. The van der Waals surface area contributed by atoms with Crippen LogP contribution in [0.4, 0.5) is 0 Å². The number of nitrogens with one attached hydrogen (secondary N) is 2. The van der Waals surface area contributed by atoms with Crippen LogP contribution in [0.3, 0.4) is 0 Å². The molecule has 0 radical (unpaired) electrons.